The Labute approximate surface area is 120 Å². The molecule has 3 atom stereocenters. The molecule has 0 aliphatic heterocycles. The highest BCUT2D eigenvalue weighted by molar-refractivity contribution is 5.34. The minimum Gasteiger partial charge on any atom is -0.490 e. The molecule has 0 radical (unpaired) electrons. The molecule has 1 aromatic rings. The van der Waals surface area contributed by atoms with Gasteiger partial charge in [0.1, 0.15) is 18.5 Å². The Bertz CT molecular complexity index is 380. The lowest BCUT2D eigenvalue weighted by molar-refractivity contribution is -0.0424. The van der Waals surface area contributed by atoms with Crippen LogP contribution in [0.15, 0.2) is 24.3 Å². The molecule has 1 rings (SSSR count). The van der Waals surface area contributed by atoms with E-state index in [1.807, 2.05) is 19.1 Å². The van der Waals surface area contributed by atoms with E-state index in [9.17, 15) is 10.2 Å². The van der Waals surface area contributed by atoms with Gasteiger partial charge in [0.25, 0.3) is 0 Å². The van der Waals surface area contributed by atoms with Gasteiger partial charge in [-0.2, -0.15) is 0 Å². The Kier molecular flexibility index (Phi) is 7.54. The summed E-state index contributed by atoms with van der Waals surface area (Å²) in [6, 6.07) is 7.22. The number of para-hydroxylation sites is 1. The Morgan fingerprint density at radius 1 is 1.05 bits per heavy atom. The lowest BCUT2D eigenvalue weighted by atomic mass is 10.1. The summed E-state index contributed by atoms with van der Waals surface area (Å²) in [7, 11) is 1.60. The van der Waals surface area contributed by atoms with Crippen LogP contribution in [-0.4, -0.2) is 49.4 Å². The third-order valence-electron chi connectivity index (χ3n) is 2.77. The minimum atomic E-state index is -0.726. The van der Waals surface area contributed by atoms with Crippen molar-refractivity contribution in [1.29, 1.82) is 0 Å². The first-order valence-corrected chi connectivity index (χ1v) is 6.73. The van der Waals surface area contributed by atoms with Gasteiger partial charge in [0, 0.05) is 12.7 Å². The van der Waals surface area contributed by atoms with E-state index in [0.717, 1.165) is 0 Å². The predicted molar refractivity (Wildman–Crippen MR) is 75.9 cm³/mol. The second-order valence-corrected chi connectivity index (χ2v) is 4.78. The van der Waals surface area contributed by atoms with Gasteiger partial charge in [0.05, 0.1) is 25.4 Å². The van der Waals surface area contributed by atoms with Crippen molar-refractivity contribution < 1.29 is 24.4 Å². The normalized spacial score (nSPS) is 15.7. The van der Waals surface area contributed by atoms with E-state index in [4.69, 9.17) is 14.2 Å². The molecule has 2 N–H and O–H groups in total. The molecular weight excluding hydrogens is 260 g/mol. The van der Waals surface area contributed by atoms with Gasteiger partial charge in [0.2, 0.25) is 0 Å². The van der Waals surface area contributed by atoms with Gasteiger partial charge in [-0.3, -0.25) is 0 Å². The molecule has 0 aliphatic carbocycles. The Hall–Kier alpha value is -1.14. The van der Waals surface area contributed by atoms with Crippen LogP contribution in [0.4, 0.5) is 0 Å². The fourth-order valence-corrected chi connectivity index (χ4v) is 1.75. The summed E-state index contributed by atoms with van der Waals surface area (Å²) >= 11 is 0. The highest BCUT2D eigenvalue weighted by Gasteiger charge is 2.12. The lowest BCUT2D eigenvalue weighted by Gasteiger charge is -2.18. The van der Waals surface area contributed by atoms with E-state index < -0.39 is 12.2 Å². The second-order valence-electron chi connectivity index (χ2n) is 4.78. The fourth-order valence-electron chi connectivity index (χ4n) is 1.75. The number of hydrogen-bond acceptors (Lipinski definition) is 5. The predicted octanol–water partition coefficient (Wildman–Crippen LogP) is 1.53. The maximum Gasteiger partial charge on any atom is 0.125 e. The maximum atomic E-state index is 9.80. The van der Waals surface area contributed by atoms with Crippen LogP contribution in [-0.2, 0) is 9.47 Å². The van der Waals surface area contributed by atoms with Crippen LogP contribution in [0, 0.1) is 0 Å². The number of benzene rings is 1. The van der Waals surface area contributed by atoms with Crippen molar-refractivity contribution >= 4 is 0 Å². The molecule has 0 aromatic heterocycles. The van der Waals surface area contributed by atoms with Crippen molar-refractivity contribution in [2.45, 2.75) is 32.2 Å². The van der Waals surface area contributed by atoms with Crippen LogP contribution in [0.25, 0.3) is 0 Å². The van der Waals surface area contributed by atoms with Gasteiger partial charge in [-0.05, 0) is 19.9 Å². The molecular formula is C15H24O5. The molecule has 0 spiro atoms. The zero-order valence-corrected chi connectivity index (χ0v) is 12.3. The van der Waals surface area contributed by atoms with Crippen molar-refractivity contribution in [3.05, 3.63) is 29.8 Å². The Morgan fingerprint density at radius 2 is 1.75 bits per heavy atom. The monoisotopic (exact) mass is 284 g/mol. The average Bonchev–Trinajstić information content (AvgIpc) is 2.43. The van der Waals surface area contributed by atoms with E-state index in [2.05, 4.69) is 0 Å². The highest BCUT2D eigenvalue weighted by Crippen LogP contribution is 2.24. The van der Waals surface area contributed by atoms with Gasteiger partial charge in [-0.1, -0.05) is 18.2 Å². The molecule has 0 saturated carbocycles. The van der Waals surface area contributed by atoms with E-state index in [0.29, 0.717) is 17.9 Å². The molecule has 0 saturated heterocycles. The van der Waals surface area contributed by atoms with Crippen LogP contribution in [0.3, 0.4) is 0 Å². The number of methoxy groups -OCH3 is 1. The van der Waals surface area contributed by atoms with Crippen molar-refractivity contribution in [2.75, 3.05) is 26.9 Å². The summed E-state index contributed by atoms with van der Waals surface area (Å²) in [4.78, 5) is 0. The molecule has 1 aromatic carbocycles. The molecule has 5 nitrogen and oxygen atoms in total. The molecule has 0 bridgehead atoms. The molecule has 0 fully saturated rings. The Morgan fingerprint density at radius 3 is 2.40 bits per heavy atom. The summed E-state index contributed by atoms with van der Waals surface area (Å²) < 4.78 is 15.9. The minimum absolute atomic E-state index is 0.0700. The third kappa shape index (κ3) is 5.88. The molecule has 114 valence electrons. The standard InChI is InChI=1S/C15H24O5/c1-11(8-18-3)19-9-13(17)10-20-15-7-5-4-6-14(15)12(2)16/h4-7,11-13,16-17H,8-10H2,1-3H3/t11?,12-,13?/m0/s1. The van der Waals surface area contributed by atoms with Crippen molar-refractivity contribution in [3.63, 3.8) is 0 Å². The third-order valence-corrected chi connectivity index (χ3v) is 2.77. The van der Waals surface area contributed by atoms with Crippen LogP contribution >= 0.6 is 0 Å². The van der Waals surface area contributed by atoms with Crippen LogP contribution < -0.4 is 4.74 Å². The lowest BCUT2D eigenvalue weighted by Crippen LogP contribution is -2.27. The first-order chi connectivity index (χ1) is 9.54. The quantitative estimate of drug-likeness (QED) is 0.720. The largest absolute Gasteiger partial charge is 0.490 e. The second kappa shape index (κ2) is 8.92. The van der Waals surface area contributed by atoms with Gasteiger partial charge < -0.3 is 24.4 Å². The summed E-state index contributed by atoms with van der Waals surface area (Å²) in [6.07, 6.45) is -1.41. The van der Waals surface area contributed by atoms with E-state index >= 15 is 0 Å². The topological polar surface area (TPSA) is 68.2 Å². The van der Waals surface area contributed by atoms with Crippen LogP contribution in [0.1, 0.15) is 25.5 Å². The highest BCUT2D eigenvalue weighted by atomic mass is 16.5. The number of hydrogen-bond donors (Lipinski definition) is 2. The summed E-state index contributed by atoms with van der Waals surface area (Å²) in [5, 5.41) is 19.4. The zero-order chi connectivity index (χ0) is 15.0. The molecule has 0 heterocycles. The van der Waals surface area contributed by atoms with Crippen molar-refractivity contribution in [2.24, 2.45) is 0 Å². The first-order valence-electron chi connectivity index (χ1n) is 6.73. The van der Waals surface area contributed by atoms with E-state index in [1.165, 1.54) is 0 Å². The van der Waals surface area contributed by atoms with Crippen LogP contribution in [0.5, 0.6) is 5.75 Å². The maximum absolute atomic E-state index is 9.80. The molecule has 20 heavy (non-hydrogen) atoms. The number of aliphatic hydroxyl groups excluding tert-OH is 2. The molecule has 0 amide bonds. The van der Waals surface area contributed by atoms with E-state index in [1.54, 1.807) is 26.2 Å². The average molecular weight is 284 g/mol. The smallest absolute Gasteiger partial charge is 0.125 e. The summed E-state index contributed by atoms with van der Waals surface area (Å²) in [6.45, 7) is 4.33. The summed E-state index contributed by atoms with van der Waals surface area (Å²) in [5.74, 6) is 0.575. The Balaban J connectivity index is 2.39. The SMILES string of the molecule is COCC(C)OCC(O)COc1ccccc1[C@H](C)O. The van der Waals surface area contributed by atoms with Gasteiger partial charge >= 0.3 is 0 Å². The summed E-state index contributed by atoms with van der Waals surface area (Å²) in [5.41, 5.74) is 0.702. The van der Waals surface area contributed by atoms with E-state index in [-0.39, 0.29) is 19.3 Å². The van der Waals surface area contributed by atoms with Gasteiger partial charge in [-0.25, -0.2) is 0 Å². The van der Waals surface area contributed by atoms with Crippen molar-refractivity contribution in [1.82, 2.24) is 0 Å². The number of ether oxygens (including phenoxy) is 3. The van der Waals surface area contributed by atoms with Crippen LogP contribution in [0.2, 0.25) is 0 Å². The number of rotatable bonds is 9. The fraction of sp³-hybridized carbons (Fsp3) is 0.600. The molecule has 5 heteroatoms. The first kappa shape index (κ1) is 16.9. The number of aliphatic hydroxyl groups is 2. The van der Waals surface area contributed by atoms with Gasteiger partial charge in [0.15, 0.2) is 0 Å². The molecule has 0 aliphatic rings. The molecule has 2 unspecified atom stereocenters. The zero-order valence-electron chi connectivity index (χ0n) is 12.3. The van der Waals surface area contributed by atoms with Gasteiger partial charge in [-0.15, -0.1) is 0 Å². The van der Waals surface area contributed by atoms with Crippen molar-refractivity contribution in [3.8, 4) is 5.75 Å².